The zero-order chi connectivity index (χ0) is 25.0. The number of benzene rings is 4. The highest BCUT2D eigenvalue weighted by atomic mass is 35.5. The lowest BCUT2D eigenvalue weighted by Gasteiger charge is -2.11. The molecule has 0 atom stereocenters. The normalized spacial score (nSPS) is 11.3. The number of nitrogens with zero attached hydrogens (tertiary/aromatic N) is 2. The predicted molar refractivity (Wildman–Crippen MR) is 151 cm³/mol. The third kappa shape index (κ3) is 7.98. The van der Waals surface area contributed by atoms with E-state index in [2.05, 4.69) is 9.98 Å². The molecular formula is C30H26Cl2N2O2. The molecule has 0 fully saturated rings. The van der Waals surface area contributed by atoms with Crippen molar-refractivity contribution < 1.29 is 9.47 Å². The fraction of sp³-hybridized carbons (Fsp3) is 0.133. The van der Waals surface area contributed by atoms with Crippen LogP contribution in [0.2, 0.25) is 10.0 Å². The van der Waals surface area contributed by atoms with Gasteiger partial charge in [0.25, 0.3) is 0 Å². The van der Waals surface area contributed by atoms with Crippen LogP contribution in [0.15, 0.2) is 107 Å². The minimum Gasteiger partial charge on any atom is -0.491 e. The number of aliphatic imine (C=N–C) groups is 2. The van der Waals surface area contributed by atoms with Crippen LogP contribution in [0.3, 0.4) is 0 Å². The Balaban J connectivity index is 1.28. The molecular weight excluding hydrogens is 491 g/mol. The van der Waals surface area contributed by atoms with Crippen LogP contribution in [0.1, 0.15) is 24.0 Å². The second-order valence-corrected chi connectivity index (χ2v) is 8.84. The summed E-state index contributed by atoms with van der Waals surface area (Å²) in [5.74, 6) is 1.31. The summed E-state index contributed by atoms with van der Waals surface area (Å²) in [7, 11) is 0. The third-order valence-electron chi connectivity index (χ3n) is 5.20. The van der Waals surface area contributed by atoms with Crippen molar-refractivity contribution in [3.05, 3.63) is 118 Å². The van der Waals surface area contributed by atoms with Crippen molar-refractivity contribution in [2.24, 2.45) is 9.98 Å². The van der Waals surface area contributed by atoms with Crippen LogP contribution in [-0.4, -0.2) is 25.6 Å². The molecule has 6 heteroatoms. The van der Waals surface area contributed by atoms with Gasteiger partial charge in [-0.05, 0) is 48.2 Å². The molecule has 0 aliphatic carbocycles. The summed E-state index contributed by atoms with van der Waals surface area (Å²) in [6.07, 6.45) is 5.23. The molecule has 0 saturated carbocycles. The standard InChI is InChI=1S/C30H26Cl2N2O2/c31-25-13-15-27(33-21-23-9-3-1-4-10-23)29(19-25)35-17-7-8-18-36-30-20-26(32)14-16-28(30)34-22-24-11-5-2-6-12-24/h1-6,9-16,19-22H,7-8,17-18H2. The molecule has 0 N–H and O–H groups in total. The number of ether oxygens (including phenoxy) is 2. The van der Waals surface area contributed by atoms with E-state index in [-0.39, 0.29) is 0 Å². The van der Waals surface area contributed by atoms with E-state index in [4.69, 9.17) is 32.7 Å². The van der Waals surface area contributed by atoms with Crippen molar-refractivity contribution in [1.82, 2.24) is 0 Å². The molecule has 0 aliphatic rings. The molecule has 0 unspecified atom stereocenters. The van der Waals surface area contributed by atoms with E-state index < -0.39 is 0 Å². The summed E-state index contributed by atoms with van der Waals surface area (Å²) in [6.45, 7) is 1.04. The smallest absolute Gasteiger partial charge is 0.146 e. The fourth-order valence-electron chi connectivity index (χ4n) is 3.36. The lowest BCUT2D eigenvalue weighted by molar-refractivity contribution is 0.267. The largest absolute Gasteiger partial charge is 0.491 e. The van der Waals surface area contributed by atoms with Crippen LogP contribution in [0.25, 0.3) is 0 Å². The van der Waals surface area contributed by atoms with Gasteiger partial charge in [0.05, 0.1) is 13.2 Å². The third-order valence-corrected chi connectivity index (χ3v) is 5.67. The highest BCUT2D eigenvalue weighted by molar-refractivity contribution is 6.31. The first-order chi connectivity index (χ1) is 17.7. The van der Waals surface area contributed by atoms with Gasteiger partial charge in [-0.25, -0.2) is 0 Å². The van der Waals surface area contributed by atoms with Gasteiger partial charge in [-0.1, -0.05) is 83.9 Å². The maximum atomic E-state index is 6.18. The molecule has 4 aromatic rings. The molecule has 0 aliphatic heterocycles. The molecule has 0 amide bonds. The molecule has 4 nitrogen and oxygen atoms in total. The minimum absolute atomic E-state index is 0.520. The quantitative estimate of drug-likeness (QED) is 0.147. The van der Waals surface area contributed by atoms with Crippen LogP contribution in [0.5, 0.6) is 11.5 Å². The zero-order valence-electron chi connectivity index (χ0n) is 19.7. The maximum Gasteiger partial charge on any atom is 0.146 e. The average Bonchev–Trinajstić information content (AvgIpc) is 2.91. The van der Waals surface area contributed by atoms with Crippen LogP contribution in [0.4, 0.5) is 11.4 Å². The molecule has 182 valence electrons. The van der Waals surface area contributed by atoms with Crippen molar-refractivity contribution in [2.75, 3.05) is 13.2 Å². The van der Waals surface area contributed by atoms with E-state index in [1.807, 2.05) is 97.4 Å². The molecule has 36 heavy (non-hydrogen) atoms. The summed E-state index contributed by atoms with van der Waals surface area (Å²) in [4.78, 5) is 9.14. The van der Waals surface area contributed by atoms with E-state index in [1.54, 1.807) is 12.1 Å². The highest BCUT2D eigenvalue weighted by Gasteiger charge is 2.06. The second-order valence-electron chi connectivity index (χ2n) is 7.97. The van der Waals surface area contributed by atoms with Gasteiger partial charge in [0.1, 0.15) is 22.9 Å². The Hall–Kier alpha value is -3.60. The number of hydrogen-bond acceptors (Lipinski definition) is 4. The SMILES string of the molecule is Clc1ccc(N=Cc2ccccc2)c(OCCCCOc2cc(Cl)ccc2N=Cc2ccccc2)c1. The Morgan fingerprint density at radius 2 is 0.972 bits per heavy atom. The average molecular weight is 517 g/mol. The lowest BCUT2D eigenvalue weighted by Crippen LogP contribution is -2.03. The lowest BCUT2D eigenvalue weighted by atomic mass is 10.2. The summed E-state index contributed by atoms with van der Waals surface area (Å²) in [5, 5.41) is 1.22. The van der Waals surface area contributed by atoms with E-state index in [0.717, 1.165) is 35.3 Å². The second kappa shape index (κ2) is 13.5. The Labute approximate surface area is 221 Å². The van der Waals surface area contributed by atoms with Crippen LogP contribution < -0.4 is 9.47 Å². The van der Waals surface area contributed by atoms with E-state index >= 15 is 0 Å². The molecule has 0 aromatic heterocycles. The van der Waals surface area contributed by atoms with Gasteiger partial charge in [0, 0.05) is 34.6 Å². The van der Waals surface area contributed by atoms with Crippen molar-refractivity contribution in [3.63, 3.8) is 0 Å². The molecule has 0 bridgehead atoms. The van der Waals surface area contributed by atoms with Gasteiger partial charge >= 0.3 is 0 Å². The summed E-state index contributed by atoms with van der Waals surface area (Å²) in [5.41, 5.74) is 3.51. The van der Waals surface area contributed by atoms with Crippen LogP contribution in [0, 0.1) is 0 Å². The Kier molecular flexibility index (Phi) is 9.54. The Bertz CT molecular complexity index is 1210. The number of rotatable bonds is 11. The van der Waals surface area contributed by atoms with Gasteiger partial charge in [-0.2, -0.15) is 0 Å². The van der Waals surface area contributed by atoms with E-state index in [9.17, 15) is 0 Å². The molecule has 0 spiro atoms. The van der Waals surface area contributed by atoms with E-state index in [0.29, 0.717) is 34.8 Å². The number of unbranched alkanes of at least 4 members (excludes halogenated alkanes) is 1. The first kappa shape index (κ1) is 25.5. The van der Waals surface area contributed by atoms with Gasteiger partial charge in [-0.15, -0.1) is 0 Å². The first-order valence-electron chi connectivity index (χ1n) is 11.7. The van der Waals surface area contributed by atoms with Crippen molar-refractivity contribution in [2.45, 2.75) is 12.8 Å². The number of hydrogen-bond donors (Lipinski definition) is 0. The first-order valence-corrected chi connectivity index (χ1v) is 12.5. The van der Waals surface area contributed by atoms with Crippen molar-refractivity contribution >= 4 is 47.0 Å². The predicted octanol–water partition coefficient (Wildman–Crippen LogP) is 8.73. The van der Waals surface area contributed by atoms with Gasteiger partial charge in [0.2, 0.25) is 0 Å². The minimum atomic E-state index is 0.520. The molecule has 4 aromatic carbocycles. The number of halogens is 2. The van der Waals surface area contributed by atoms with Gasteiger partial charge in [0.15, 0.2) is 0 Å². The van der Waals surface area contributed by atoms with E-state index in [1.165, 1.54) is 0 Å². The Morgan fingerprint density at radius 3 is 1.39 bits per heavy atom. The summed E-state index contributed by atoms with van der Waals surface area (Å²) < 4.78 is 12.0. The molecule has 0 saturated heterocycles. The zero-order valence-corrected chi connectivity index (χ0v) is 21.2. The summed E-state index contributed by atoms with van der Waals surface area (Å²) in [6, 6.07) is 30.8. The maximum absolute atomic E-state index is 6.18. The van der Waals surface area contributed by atoms with Crippen LogP contribution in [-0.2, 0) is 0 Å². The van der Waals surface area contributed by atoms with Gasteiger partial charge in [-0.3, -0.25) is 9.98 Å². The Morgan fingerprint density at radius 1 is 0.556 bits per heavy atom. The fourth-order valence-corrected chi connectivity index (χ4v) is 3.68. The summed E-state index contributed by atoms with van der Waals surface area (Å²) >= 11 is 12.4. The molecule has 4 rings (SSSR count). The molecule has 0 heterocycles. The van der Waals surface area contributed by atoms with Crippen LogP contribution >= 0.6 is 23.2 Å². The van der Waals surface area contributed by atoms with Gasteiger partial charge < -0.3 is 9.47 Å². The monoisotopic (exact) mass is 516 g/mol. The highest BCUT2D eigenvalue weighted by Crippen LogP contribution is 2.32. The van der Waals surface area contributed by atoms with Crippen molar-refractivity contribution in [1.29, 1.82) is 0 Å². The topological polar surface area (TPSA) is 43.2 Å². The molecule has 0 radical (unpaired) electrons. The van der Waals surface area contributed by atoms with Crippen molar-refractivity contribution in [3.8, 4) is 11.5 Å².